The maximum Gasteiger partial charge on any atom is 0.163 e. The summed E-state index contributed by atoms with van der Waals surface area (Å²) in [7, 11) is 0. The predicted molar refractivity (Wildman–Crippen MR) is 88.0 cm³/mol. The molecule has 0 bridgehead atoms. The van der Waals surface area contributed by atoms with Gasteiger partial charge in [-0.25, -0.2) is 0 Å². The molecule has 0 fully saturated rings. The number of hydrogen-bond acceptors (Lipinski definition) is 2. The number of benzene rings is 1. The number of carbonyl (C=O) groups is 1. The predicted octanol–water partition coefficient (Wildman–Crippen LogP) is 5.25. The molecule has 0 aromatic heterocycles. The molecule has 0 amide bonds. The highest BCUT2D eigenvalue weighted by Gasteiger charge is 2.28. The molecular formula is C17H25BrO2. The zero-order valence-corrected chi connectivity index (χ0v) is 14.3. The lowest BCUT2D eigenvalue weighted by Gasteiger charge is -2.31. The third-order valence-corrected chi connectivity index (χ3v) is 4.83. The van der Waals surface area contributed by atoms with Crippen LogP contribution in [-0.4, -0.2) is 17.7 Å². The largest absolute Gasteiger partial charge is 0.492 e. The molecule has 1 aromatic carbocycles. The van der Waals surface area contributed by atoms with Crippen molar-refractivity contribution >= 4 is 21.7 Å². The van der Waals surface area contributed by atoms with Gasteiger partial charge in [-0.1, -0.05) is 54.8 Å². The second-order valence-electron chi connectivity index (χ2n) is 5.47. The summed E-state index contributed by atoms with van der Waals surface area (Å²) in [5, 5.41) is 0.934. The van der Waals surface area contributed by atoms with E-state index in [-0.39, 0.29) is 11.2 Å². The van der Waals surface area contributed by atoms with Crippen LogP contribution in [-0.2, 0) is 0 Å². The van der Waals surface area contributed by atoms with Gasteiger partial charge in [0, 0.05) is 10.7 Å². The summed E-state index contributed by atoms with van der Waals surface area (Å²) in [5.74, 6) is 0.758. The second kappa shape index (κ2) is 8.46. The van der Waals surface area contributed by atoms with Crippen LogP contribution >= 0.6 is 15.9 Å². The number of halogens is 1. The van der Waals surface area contributed by atoms with E-state index in [9.17, 15) is 4.79 Å². The first kappa shape index (κ1) is 17.2. The number of Topliss-reactive ketones (excluding diaryl/α,β-unsaturated/α-hetero) is 1. The molecule has 0 heterocycles. The molecule has 0 saturated carbocycles. The minimum Gasteiger partial charge on any atom is -0.492 e. The highest BCUT2D eigenvalue weighted by atomic mass is 79.9. The van der Waals surface area contributed by atoms with Crippen molar-refractivity contribution < 1.29 is 9.53 Å². The van der Waals surface area contributed by atoms with Gasteiger partial charge in [0.05, 0.1) is 12.2 Å². The van der Waals surface area contributed by atoms with Gasteiger partial charge in [-0.3, -0.25) is 4.79 Å². The number of rotatable bonds is 9. The molecule has 0 aliphatic carbocycles. The topological polar surface area (TPSA) is 26.3 Å². The Kier molecular flexibility index (Phi) is 7.28. The van der Waals surface area contributed by atoms with Crippen molar-refractivity contribution in [3.8, 4) is 5.75 Å². The molecule has 1 aromatic rings. The molecule has 0 radical (unpaired) electrons. The van der Waals surface area contributed by atoms with Gasteiger partial charge in [-0.15, -0.1) is 0 Å². The molecule has 20 heavy (non-hydrogen) atoms. The van der Waals surface area contributed by atoms with Gasteiger partial charge in [0.15, 0.2) is 5.78 Å². The van der Waals surface area contributed by atoms with Crippen molar-refractivity contribution in [3.63, 3.8) is 0 Å². The number of para-hydroxylation sites is 1. The fraction of sp³-hybridized carbons (Fsp3) is 0.588. The minimum atomic E-state index is 0.0519. The van der Waals surface area contributed by atoms with Crippen molar-refractivity contribution in [3.05, 3.63) is 29.8 Å². The van der Waals surface area contributed by atoms with Gasteiger partial charge in [0.1, 0.15) is 5.75 Å². The first-order valence-electron chi connectivity index (χ1n) is 7.37. The molecule has 2 nitrogen and oxygen atoms in total. The van der Waals surface area contributed by atoms with Crippen LogP contribution in [0.4, 0.5) is 0 Å². The normalized spacial score (nSPS) is 11.4. The number of alkyl halides is 1. The summed E-state index contributed by atoms with van der Waals surface area (Å²) in [6, 6.07) is 7.50. The average Bonchev–Trinajstić information content (AvgIpc) is 2.45. The zero-order valence-electron chi connectivity index (χ0n) is 12.7. The van der Waals surface area contributed by atoms with E-state index in [0.717, 1.165) is 31.0 Å². The summed E-state index contributed by atoms with van der Waals surface area (Å²) in [5.41, 5.74) is 0.830. The van der Waals surface area contributed by atoms with Gasteiger partial charge < -0.3 is 4.74 Å². The lowest BCUT2D eigenvalue weighted by molar-refractivity contribution is 0.100. The van der Waals surface area contributed by atoms with E-state index < -0.39 is 0 Å². The third-order valence-electron chi connectivity index (χ3n) is 3.64. The highest BCUT2D eigenvalue weighted by molar-refractivity contribution is 9.09. The lowest BCUT2D eigenvalue weighted by atomic mass is 9.82. The van der Waals surface area contributed by atoms with E-state index in [1.54, 1.807) is 6.92 Å². The Balaban J connectivity index is 2.84. The van der Waals surface area contributed by atoms with Crippen molar-refractivity contribution in [2.75, 3.05) is 11.9 Å². The molecule has 3 heteroatoms. The van der Waals surface area contributed by atoms with Gasteiger partial charge >= 0.3 is 0 Å². The summed E-state index contributed by atoms with van der Waals surface area (Å²) in [6.45, 7) is 6.65. The SMILES string of the molecule is CCCC(CBr)(CCC)COc1ccccc1C(C)=O. The monoisotopic (exact) mass is 340 g/mol. The standard InChI is InChI=1S/C17H25BrO2/c1-4-10-17(12-18,11-5-2)13-20-16-9-7-6-8-15(16)14(3)19/h6-9H,4-5,10-13H2,1-3H3. The first-order valence-corrected chi connectivity index (χ1v) is 8.49. The van der Waals surface area contributed by atoms with E-state index in [1.165, 1.54) is 0 Å². The summed E-state index contributed by atoms with van der Waals surface area (Å²) in [4.78, 5) is 11.6. The Morgan fingerprint density at radius 2 is 1.80 bits per heavy atom. The van der Waals surface area contributed by atoms with E-state index >= 15 is 0 Å². The van der Waals surface area contributed by atoms with E-state index in [4.69, 9.17) is 4.74 Å². The van der Waals surface area contributed by atoms with Crippen molar-refractivity contribution in [1.29, 1.82) is 0 Å². The van der Waals surface area contributed by atoms with E-state index in [0.29, 0.717) is 17.9 Å². The van der Waals surface area contributed by atoms with Crippen LogP contribution in [0.2, 0.25) is 0 Å². The quantitative estimate of drug-likeness (QED) is 0.453. The molecule has 1 rings (SSSR count). The fourth-order valence-corrected chi connectivity index (χ4v) is 3.34. The van der Waals surface area contributed by atoms with Crippen LogP contribution in [0.3, 0.4) is 0 Å². The molecule has 112 valence electrons. The molecule has 0 aliphatic rings. The maximum atomic E-state index is 11.6. The Morgan fingerprint density at radius 1 is 1.20 bits per heavy atom. The second-order valence-corrected chi connectivity index (χ2v) is 6.04. The van der Waals surface area contributed by atoms with Crippen molar-refractivity contribution in [2.24, 2.45) is 5.41 Å². The Morgan fingerprint density at radius 3 is 2.30 bits per heavy atom. The Bertz CT molecular complexity index is 423. The number of hydrogen-bond donors (Lipinski definition) is 0. The smallest absolute Gasteiger partial charge is 0.163 e. The molecule has 0 saturated heterocycles. The first-order chi connectivity index (χ1) is 9.58. The van der Waals surface area contributed by atoms with Crippen LogP contribution in [0.15, 0.2) is 24.3 Å². The molecule has 0 N–H and O–H groups in total. The maximum absolute atomic E-state index is 11.6. The van der Waals surface area contributed by atoms with Gasteiger partial charge in [-0.05, 0) is 31.9 Å². The molecule has 0 atom stereocenters. The number of ketones is 1. The van der Waals surface area contributed by atoms with Gasteiger partial charge in [0.25, 0.3) is 0 Å². The van der Waals surface area contributed by atoms with E-state index in [2.05, 4.69) is 29.8 Å². The Labute approximate surface area is 131 Å². The zero-order chi connectivity index (χ0) is 15.0. The number of ether oxygens (including phenoxy) is 1. The Hall–Kier alpha value is -0.830. The highest BCUT2D eigenvalue weighted by Crippen LogP contribution is 2.33. The molecular weight excluding hydrogens is 316 g/mol. The van der Waals surface area contributed by atoms with Crippen molar-refractivity contribution in [1.82, 2.24) is 0 Å². The summed E-state index contributed by atoms with van der Waals surface area (Å²) < 4.78 is 6.01. The van der Waals surface area contributed by atoms with Crippen LogP contribution in [0.25, 0.3) is 0 Å². The van der Waals surface area contributed by atoms with Crippen LogP contribution in [0.5, 0.6) is 5.75 Å². The minimum absolute atomic E-state index is 0.0519. The van der Waals surface area contributed by atoms with Crippen LogP contribution in [0.1, 0.15) is 56.8 Å². The van der Waals surface area contributed by atoms with E-state index in [1.807, 2.05) is 24.3 Å². The van der Waals surface area contributed by atoms with Gasteiger partial charge in [-0.2, -0.15) is 0 Å². The third kappa shape index (κ3) is 4.62. The van der Waals surface area contributed by atoms with Crippen LogP contribution < -0.4 is 4.74 Å². The fourth-order valence-electron chi connectivity index (χ4n) is 2.62. The molecule has 0 unspecified atom stereocenters. The molecule has 0 aliphatic heterocycles. The summed E-state index contributed by atoms with van der Waals surface area (Å²) in [6.07, 6.45) is 4.55. The lowest BCUT2D eigenvalue weighted by Crippen LogP contribution is -2.30. The van der Waals surface area contributed by atoms with Crippen molar-refractivity contribution in [2.45, 2.75) is 46.5 Å². The number of carbonyl (C=O) groups excluding carboxylic acids is 1. The summed E-state index contributed by atoms with van der Waals surface area (Å²) >= 11 is 3.65. The van der Waals surface area contributed by atoms with Gasteiger partial charge in [0.2, 0.25) is 0 Å². The average molecular weight is 341 g/mol. The molecule has 0 spiro atoms. The van der Waals surface area contributed by atoms with Crippen LogP contribution in [0, 0.1) is 5.41 Å².